The number of hydrogen-bond donors (Lipinski definition) is 0. The molecule has 0 N–H and O–H groups in total. The molecule has 2 fully saturated rings. The minimum atomic E-state index is -0.533. The van der Waals surface area contributed by atoms with E-state index in [0.717, 1.165) is 35.7 Å². The van der Waals surface area contributed by atoms with Gasteiger partial charge in [-0.3, -0.25) is 4.79 Å². The molecule has 0 unspecified atom stereocenters. The number of methoxy groups -OCH3 is 1. The standard InChI is InChI=1S/C22H23NO5/c1-25-16-7-9-17(10-8-16)28-21-20(23(22(21)24)15-4-2-3-5-15)14-6-11-18-19(12-14)27-13-26-18/h6-12,15,20-21H,2-5,13H2,1H3/t20-,21-/m1/s1. The normalized spacial score (nSPS) is 23.6. The van der Waals surface area contributed by atoms with Gasteiger partial charge in [0, 0.05) is 6.04 Å². The summed E-state index contributed by atoms with van der Waals surface area (Å²) in [7, 11) is 1.63. The van der Waals surface area contributed by atoms with Crippen LogP contribution in [0.1, 0.15) is 37.3 Å². The Labute approximate surface area is 163 Å². The number of β-lactam (4-membered cyclic amide) rings is 1. The van der Waals surface area contributed by atoms with Crippen molar-refractivity contribution in [2.45, 2.75) is 43.9 Å². The fourth-order valence-electron chi connectivity index (χ4n) is 4.42. The van der Waals surface area contributed by atoms with Crippen LogP contribution in [-0.4, -0.2) is 36.9 Å². The summed E-state index contributed by atoms with van der Waals surface area (Å²) in [6.45, 7) is 0.237. The number of nitrogens with zero attached hydrogens (tertiary/aromatic N) is 1. The first kappa shape index (κ1) is 17.2. The van der Waals surface area contributed by atoms with Crippen LogP contribution in [0.3, 0.4) is 0 Å². The molecule has 1 saturated carbocycles. The molecule has 1 saturated heterocycles. The van der Waals surface area contributed by atoms with Crippen LogP contribution < -0.4 is 18.9 Å². The first-order valence-corrected chi connectivity index (χ1v) is 9.77. The average molecular weight is 381 g/mol. The van der Waals surface area contributed by atoms with Crippen LogP contribution in [0.25, 0.3) is 0 Å². The predicted octanol–water partition coefficient (Wildman–Crippen LogP) is 3.70. The molecule has 28 heavy (non-hydrogen) atoms. The van der Waals surface area contributed by atoms with Gasteiger partial charge >= 0.3 is 0 Å². The lowest BCUT2D eigenvalue weighted by Gasteiger charge is -2.50. The maximum Gasteiger partial charge on any atom is 0.267 e. The molecule has 2 aromatic rings. The third-order valence-corrected chi connectivity index (χ3v) is 5.86. The van der Waals surface area contributed by atoms with Crippen molar-refractivity contribution in [1.29, 1.82) is 0 Å². The first-order chi connectivity index (χ1) is 13.7. The molecule has 0 aromatic heterocycles. The summed E-state index contributed by atoms with van der Waals surface area (Å²) in [4.78, 5) is 15.0. The SMILES string of the molecule is COc1ccc(O[C@H]2C(=O)N(C3CCCC3)[C@@H]2c2ccc3c(c2)OCO3)cc1. The van der Waals surface area contributed by atoms with Gasteiger partial charge in [0.15, 0.2) is 11.5 Å². The molecule has 3 aliphatic rings. The average Bonchev–Trinajstić information content (AvgIpc) is 3.41. The molecule has 0 bridgehead atoms. The fraction of sp³-hybridized carbons (Fsp3) is 0.409. The Bertz CT molecular complexity index is 875. The van der Waals surface area contributed by atoms with E-state index in [-0.39, 0.29) is 18.7 Å². The quantitative estimate of drug-likeness (QED) is 0.739. The van der Waals surface area contributed by atoms with Crippen LogP contribution in [0.4, 0.5) is 0 Å². The summed E-state index contributed by atoms with van der Waals surface area (Å²) < 4.78 is 22.3. The summed E-state index contributed by atoms with van der Waals surface area (Å²) in [5, 5.41) is 0. The van der Waals surface area contributed by atoms with E-state index < -0.39 is 6.10 Å². The molecule has 0 spiro atoms. The van der Waals surface area contributed by atoms with Gasteiger partial charge in [-0.25, -0.2) is 0 Å². The molecule has 2 atom stereocenters. The Morgan fingerprint density at radius 3 is 2.43 bits per heavy atom. The van der Waals surface area contributed by atoms with E-state index >= 15 is 0 Å². The first-order valence-electron chi connectivity index (χ1n) is 9.77. The highest BCUT2D eigenvalue weighted by Gasteiger charge is 2.53. The molecule has 146 valence electrons. The van der Waals surface area contributed by atoms with Crippen LogP contribution in [-0.2, 0) is 4.79 Å². The summed E-state index contributed by atoms with van der Waals surface area (Å²) in [6, 6.07) is 13.4. The maximum atomic E-state index is 13.0. The fourth-order valence-corrected chi connectivity index (χ4v) is 4.42. The Morgan fingerprint density at radius 1 is 0.964 bits per heavy atom. The zero-order chi connectivity index (χ0) is 19.1. The summed E-state index contributed by atoms with van der Waals surface area (Å²) in [5.41, 5.74) is 1.02. The number of rotatable bonds is 5. The molecule has 0 radical (unpaired) electrons. The number of ether oxygens (including phenoxy) is 4. The number of benzene rings is 2. The van der Waals surface area contributed by atoms with Crippen molar-refractivity contribution >= 4 is 5.91 Å². The zero-order valence-electron chi connectivity index (χ0n) is 15.8. The van der Waals surface area contributed by atoms with Crippen LogP contribution >= 0.6 is 0 Å². The number of carbonyl (C=O) groups is 1. The van der Waals surface area contributed by atoms with E-state index in [2.05, 4.69) is 0 Å². The summed E-state index contributed by atoms with van der Waals surface area (Å²) in [5.74, 6) is 2.95. The lowest BCUT2D eigenvalue weighted by Crippen LogP contribution is -2.64. The highest BCUT2D eigenvalue weighted by Crippen LogP contribution is 2.45. The number of hydrogen-bond acceptors (Lipinski definition) is 5. The smallest absolute Gasteiger partial charge is 0.267 e. The van der Waals surface area contributed by atoms with Gasteiger partial charge in [0.1, 0.15) is 17.5 Å². The molecule has 6 nitrogen and oxygen atoms in total. The van der Waals surface area contributed by atoms with Crippen molar-refractivity contribution in [3.8, 4) is 23.0 Å². The topological polar surface area (TPSA) is 57.2 Å². The monoisotopic (exact) mass is 381 g/mol. The van der Waals surface area contributed by atoms with Gasteiger partial charge in [0.25, 0.3) is 5.91 Å². The largest absolute Gasteiger partial charge is 0.497 e. The second-order valence-electron chi connectivity index (χ2n) is 7.46. The van der Waals surface area contributed by atoms with E-state index in [1.807, 2.05) is 47.4 Å². The van der Waals surface area contributed by atoms with Crippen LogP contribution in [0.2, 0.25) is 0 Å². The molecular weight excluding hydrogens is 358 g/mol. The van der Waals surface area contributed by atoms with Gasteiger partial charge in [0.05, 0.1) is 7.11 Å². The zero-order valence-corrected chi connectivity index (χ0v) is 15.8. The van der Waals surface area contributed by atoms with Gasteiger partial charge in [0.2, 0.25) is 12.9 Å². The molecule has 2 aliphatic heterocycles. The Morgan fingerprint density at radius 2 is 1.68 bits per heavy atom. The second-order valence-corrected chi connectivity index (χ2v) is 7.46. The Balaban J connectivity index is 1.43. The molecule has 1 aliphatic carbocycles. The van der Waals surface area contributed by atoms with Crippen molar-refractivity contribution in [3.05, 3.63) is 48.0 Å². The van der Waals surface area contributed by atoms with Crippen LogP contribution in [0.15, 0.2) is 42.5 Å². The molecular formula is C22H23NO5. The number of carbonyl (C=O) groups excluding carboxylic acids is 1. The Kier molecular flexibility index (Phi) is 4.26. The van der Waals surface area contributed by atoms with Crippen molar-refractivity contribution < 1.29 is 23.7 Å². The van der Waals surface area contributed by atoms with Crippen molar-refractivity contribution in [2.75, 3.05) is 13.9 Å². The lowest BCUT2D eigenvalue weighted by atomic mass is 9.87. The molecule has 2 heterocycles. The highest BCUT2D eigenvalue weighted by molar-refractivity contribution is 5.89. The minimum absolute atomic E-state index is 0.0605. The highest BCUT2D eigenvalue weighted by atomic mass is 16.7. The summed E-state index contributed by atoms with van der Waals surface area (Å²) >= 11 is 0. The van der Waals surface area contributed by atoms with Crippen LogP contribution in [0.5, 0.6) is 23.0 Å². The minimum Gasteiger partial charge on any atom is -0.497 e. The van der Waals surface area contributed by atoms with E-state index in [0.29, 0.717) is 11.8 Å². The van der Waals surface area contributed by atoms with Gasteiger partial charge in [-0.1, -0.05) is 18.9 Å². The second kappa shape index (κ2) is 6.93. The molecule has 1 amide bonds. The van der Waals surface area contributed by atoms with Gasteiger partial charge in [-0.15, -0.1) is 0 Å². The number of fused-ring (bicyclic) bond motifs is 1. The van der Waals surface area contributed by atoms with E-state index in [9.17, 15) is 4.79 Å². The molecule has 5 rings (SSSR count). The molecule has 6 heteroatoms. The van der Waals surface area contributed by atoms with Crippen LogP contribution in [0, 0.1) is 0 Å². The van der Waals surface area contributed by atoms with Gasteiger partial charge in [-0.2, -0.15) is 0 Å². The van der Waals surface area contributed by atoms with E-state index in [1.54, 1.807) is 7.11 Å². The summed E-state index contributed by atoms with van der Waals surface area (Å²) in [6.07, 6.45) is 3.93. The number of likely N-dealkylation sites (tertiary alicyclic amines) is 1. The van der Waals surface area contributed by atoms with Crippen molar-refractivity contribution in [2.24, 2.45) is 0 Å². The lowest BCUT2D eigenvalue weighted by molar-refractivity contribution is -0.169. The van der Waals surface area contributed by atoms with E-state index in [4.69, 9.17) is 18.9 Å². The maximum absolute atomic E-state index is 13.0. The van der Waals surface area contributed by atoms with Crippen molar-refractivity contribution in [1.82, 2.24) is 4.90 Å². The van der Waals surface area contributed by atoms with Gasteiger partial charge < -0.3 is 23.8 Å². The number of amides is 1. The Hall–Kier alpha value is -2.89. The van der Waals surface area contributed by atoms with Gasteiger partial charge in [-0.05, 0) is 54.8 Å². The van der Waals surface area contributed by atoms with E-state index in [1.165, 1.54) is 12.8 Å². The predicted molar refractivity (Wildman–Crippen MR) is 102 cm³/mol. The molecule has 2 aromatic carbocycles. The third-order valence-electron chi connectivity index (χ3n) is 5.86. The van der Waals surface area contributed by atoms with Crippen molar-refractivity contribution in [3.63, 3.8) is 0 Å². The third kappa shape index (κ3) is 2.84.